The number of nitrogens with one attached hydrogen (secondary N) is 1. The third-order valence-corrected chi connectivity index (χ3v) is 5.19. The van der Waals surface area contributed by atoms with E-state index in [-0.39, 0.29) is 0 Å². The van der Waals surface area contributed by atoms with Crippen molar-refractivity contribution in [2.45, 2.75) is 41.9 Å². The molecule has 98 valence electrons. The molecule has 1 aromatic rings. The lowest BCUT2D eigenvalue weighted by atomic mass is 9.99. The van der Waals surface area contributed by atoms with Crippen molar-refractivity contribution in [2.75, 3.05) is 7.05 Å². The van der Waals surface area contributed by atoms with E-state index in [1.165, 1.54) is 10.5 Å². The molecule has 1 aliphatic rings. The van der Waals surface area contributed by atoms with Gasteiger partial charge in [-0.25, -0.2) is 0 Å². The normalized spacial score (nSPS) is 27.3. The number of carbonyl (C=O) groups is 1. The zero-order chi connectivity index (χ0) is 13.2. The number of aryl methyl sites for hydroxylation is 1. The first-order chi connectivity index (χ1) is 8.57. The van der Waals surface area contributed by atoms with Crippen molar-refractivity contribution >= 4 is 17.7 Å². The summed E-state index contributed by atoms with van der Waals surface area (Å²) in [6.07, 6.45) is 2.35. The van der Waals surface area contributed by atoms with Gasteiger partial charge in [-0.3, -0.25) is 4.79 Å². The maximum atomic E-state index is 11.3. The predicted octanol–water partition coefficient (Wildman–Crippen LogP) is 2.68. The Hall–Kier alpha value is -1.00. The highest BCUT2D eigenvalue weighted by Gasteiger charge is 2.44. The molecule has 2 N–H and O–H groups in total. The van der Waals surface area contributed by atoms with Gasteiger partial charge in [-0.05, 0) is 44.9 Å². The molecular weight excluding hydrogens is 246 g/mol. The van der Waals surface area contributed by atoms with E-state index >= 15 is 0 Å². The van der Waals surface area contributed by atoms with Crippen LogP contribution in [-0.2, 0) is 4.79 Å². The second-order valence-corrected chi connectivity index (χ2v) is 6.23. The van der Waals surface area contributed by atoms with Crippen LogP contribution in [0.1, 0.15) is 24.8 Å². The minimum atomic E-state index is -0.724. The van der Waals surface area contributed by atoms with Crippen LogP contribution < -0.4 is 5.32 Å². The number of hydrogen-bond donors (Lipinski definition) is 2. The maximum Gasteiger partial charge on any atom is 0.323 e. The van der Waals surface area contributed by atoms with Crippen LogP contribution in [0.25, 0.3) is 0 Å². The molecule has 1 aromatic carbocycles. The molecule has 1 saturated carbocycles. The van der Waals surface area contributed by atoms with Crippen molar-refractivity contribution in [1.29, 1.82) is 0 Å². The fourth-order valence-corrected chi connectivity index (χ4v) is 3.87. The summed E-state index contributed by atoms with van der Waals surface area (Å²) >= 11 is 1.81. The summed E-state index contributed by atoms with van der Waals surface area (Å²) in [7, 11) is 1.74. The Morgan fingerprint density at radius 3 is 2.78 bits per heavy atom. The molecule has 0 aromatic heterocycles. The molecule has 0 amide bonds. The van der Waals surface area contributed by atoms with Crippen LogP contribution in [0.15, 0.2) is 29.2 Å². The number of rotatable bonds is 4. The van der Waals surface area contributed by atoms with Gasteiger partial charge >= 0.3 is 5.97 Å². The third kappa shape index (κ3) is 2.54. The summed E-state index contributed by atoms with van der Waals surface area (Å²) in [5.41, 5.74) is 0.542. The lowest BCUT2D eigenvalue weighted by molar-refractivity contribution is -0.144. The van der Waals surface area contributed by atoms with Crippen LogP contribution >= 0.6 is 11.8 Å². The molecule has 18 heavy (non-hydrogen) atoms. The van der Waals surface area contributed by atoms with Crippen molar-refractivity contribution in [3.8, 4) is 0 Å². The van der Waals surface area contributed by atoms with Gasteiger partial charge < -0.3 is 10.4 Å². The number of likely N-dealkylation sites (N-methyl/N-ethyl adjacent to an activating group) is 1. The first kappa shape index (κ1) is 13.4. The van der Waals surface area contributed by atoms with E-state index in [4.69, 9.17) is 0 Å². The third-order valence-electron chi connectivity index (χ3n) is 3.74. The Morgan fingerprint density at radius 1 is 1.50 bits per heavy atom. The molecule has 0 heterocycles. The van der Waals surface area contributed by atoms with Gasteiger partial charge in [-0.2, -0.15) is 0 Å². The van der Waals surface area contributed by atoms with Crippen molar-refractivity contribution in [1.82, 2.24) is 5.32 Å². The quantitative estimate of drug-likeness (QED) is 0.879. The average molecular weight is 265 g/mol. The molecule has 0 spiro atoms. The van der Waals surface area contributed by atoms with Gasteiger partial charge in [0.25, 0.3) is 0 Å². The molecule has 3 nitrogen and oxygen atoms in total. The van der Waals surface area contributed by atoms with Crippen molar-refractivity contribution in [3.05, 3.63) is 29.8 Å². The number of thioether (sulfide) groups is 1. The van der Waals surface area contributed by atoms with Crippen LogP contribution in [0.3, 0.4) is 0 Å². The van der Waals surface area contributed by atoms with Crippen LogP contribution in [-0.4, -0.2) is 28.9 Å². The Kier molecular flexibility index (Phi) is 3.97. The first-order valence-corrected chi connectivity index (χ1v) is 7.10. The van der Waals surface area contributed by atoms with E-state index in [1.807, 2.05) is 23.9 Å². The molecular formula is C14H19NO2S. The zero-order valence-electron chi connectivity index (χ0n) is 10.8. The monoisotopic (exact) mass is 265 g/mol. The minimum absolute atomic E-state index is 0.384. The van der Waals surface area contributed by atoms with E-state index in [1.54, 1.807) is 7.05 Å². The predicted molar refractivity (Wildman–Crippen MR) is 74.1 cm³/mol. The highest BCUT2D eigenvalue weighted by molar-refractivity contribution is 8.00. The zero-order valence-corrected chi connectivity index (χ0v) is 11.6. The number of carboxylic acids is 1. The van der Waals surface area contributed by atoms with Gasteiger partial charge in [-0.1, -0.05) is 18.2 Å². The van der Waals surface area contributed by atoms with E-state index in [9.17, 15) is 9.90 Å². The van der Waals surface area contributed by atoms with E-state index in [0.29, 0.717) is 18.1 Å². The SMILES string of the molecule is CNC1(C(=O)O)CCC(Sc2ccccc2C)C1. The number of aliphatic carboxylic acids is 1. The molecule has 1 aliphatic carbocycles. The Morgan fingerprint density at radius 2 is 2.22 bits per heavy atom. The van der Waals surface area contributed by atoms with Gasteiger partial charge in [0.05, 0.1) is 0 Å². The second-order valence-electron chi connectivity index (χ2n) is 4.89. The Bertz CT molecular complexity index is 449. The molecule has 0 saturated heterocycles. The summed E-state index contributed by atoms with van der Waals surface area (Å²) in [6, 6.07) is 8.27. The van der Waals surface area contributed by atoms with E-state index in [2.05, 4.69) is 24.4 Å². The summed E-state index contributed by atoms with van der Waals surface area (Å²) in [6.45, 7) is 2.10. The van der Waals surface area contributed by atoms with E-state index < -0.39 is 11.5 Å². The molecule has 0 radical (unpaired) electrons. The number of hydrogen-bond acceptors (Lipinski definition) is 3. The summed E-state index contributed by atoms with van der Waals surface area (Å²) in [5.74, 6) is -0.724. The van der Waals surface area contributed by atoms with Gasteiger partial charge in [-0.15, -0.1) is 11.8 Å². The van der Waals surface area contributed by atoms with E-state index in [0.717, 1.165) is 6.42 Å². The van der Waals surface area contributed by atoms with Crippen molar-refractivity contribution in [3.63, 3.8) is 0 Å². The van der Waals surface area contributed by atoms with Crippen LogP contribution in [0.2, 0.25) is 0 Å². The van der Waals surface area contributed by atoms with Crippen LogP contribution in [0.5, 0.6) is 0 Å². The minimum Gasteiger partial charge on any atom is -0.480 e. The standard InChI is InChI=1S/C14H19NO2S/c1-10-5-3-4-6-12(10)18-11-7-8-14(9-11,15-2)13(16)17/h3-6,11,15H,7-9H2,1-2H3,(H,16,17). The molecule has 1 fully saturated rings. The number of benzene rings is 1. The van der Waals surface area contributed by atoms with Crippen molar-refractivity contribution in [2.24, 2.45) is 0 Å². The van der Waals surface area contributed by atoms with Gasteiger partial charge in [0.1, 0.15) is 5.54 Å². The van der Waals surface area contributed by atoms with Gasteiger partial charge in [0.2, 0.25) is 0 Å². The Labute approximate surface area is 112 Å². The maximum absolute atomic E-state index is 11.3. The lowest BCUT2D eigenvalue weighted by Gasteiger charge is -2.23. The smallest absolute Gasteiger partial charge is 0.323 e. The second kappa shape index (κ2) is 5.33. The van der Waals surface area contributed by atoms with Crippen molar-refractivity contribution < 1.29 is 9.90 Å². The van der Waals surface area contributed by atoms with Crippen LogP contribution in [0.4, 0.5) is 0 Å². The molecule has 2 rings (SSSR count). The lowest BCUT2D eigenvalue weighted by Crippen LogP contribution is -2.48. The molecule has 0 bridgehead atoms. The largest absolute Gasteiger partial charge is 0.480 e. The topological polar surface area (TPSA) is 49.3 Å². The molecule has 2 atom stereocenters. The highest BCUT2D eigenvalue weighted by atomic mass is 32.2. The highest BCUT2D eigenvalue weighted by Crippen LogP contribution is 2.41. The average Bonchev–Trinajstić information content (AvgIpc) is 2.77. The summed E-state index contributed by atoms with van der Waals surface area (Å²) < 4.78 is 0. The molecule has 2 unspecified atom stereocenters. The summed E-state index contributed by atoms with van der Waals surface area (Å²) in [4.78, 5) is 12.6. The Balaban J connectivity index is 2.06. The molecule has 4 heteroatoms. The summed E-state index contributed by atoms with van der Waals surface area (Å²) in [5, 5.41) is 12.7. The number of carboxylic acid groups (broad SMARTS) is 1. The first-order valence-electron chi connectivity index (χ1n) is 6.22. The fourth-order valence-electron chi connectivity index (χ4n) is 2.50. The van der Waals surface area contributed by atoms with Crippen LogP contribution in [0, 0.1) is 6.92 Å². The molecule has 0 aliphatic heterocycles. The van der Waals surface area contributed by atoms with Gasteiger partial charge in [0, 0.05) is 10.1 Å². The fraction of sp³-hybridized carbons (Fsp3) is 0.500. The van der Waals surface area contributed by atoms with Gasteiger partial charge in [0.15, 0.2) is 0 Å².